The van der Waals surface area contributed by atoms with E-state index < -0.39 is 5.97 Å². The van der Waals surface area contributed by atoms with Gasteiger partial charge in [-0.15, -0.1) is 0 Å². The zero-order chi connectivity index (χ0) is 16.9. The molecule has 2 aliphatic rings. The number of hydrogen-bond donors (Lipinski definition) is 1. The highest BCUT2D eigenvalue weighted by atomic mass is 16.5. The minimum Gasteiger partial charge on any atom is -0.478 e. The molecule has 1 amide bonds. The maximum atomic E-state index is 12.4. The molecule has 0 aliphatic carbocycles. The van der Waals surface area contributed by atoms with Crippen molar-refractivity contribution in [3.8, 4) is 0 Å². The number of rotatable bonds is 5. The summed E-state index contributed by atoms with van der Waals surface area (Å²) in [4.78, 5) is 27.6. The minimum absolute atomic E-state index is 0.193. The van der Waals surface area contributed by atoms with Crippen LogP contribution in [0.1, 0.15) is 22.3 Å². The summed E-state index contributed by atoms with van der Waals surface area (Å²) < 4.78 is 5.31. The van der Waals surface area contributed by atoms with Gasteiger partial charge in [0.15, 0.2) is 0 Å². The number of benzene rings is 1. The van der Waals surface area contributed by atoms with Crippen molar-refractivity contribution in [2.45, 2.75) is 12.8 Å². The fraction of sp³-hybridized carbons (Fsp3) is 0.556. The van der Waals surface area contributed by atoms with Gasteiger partial charge in [-0.05, 0) is 36.5 Å². The number of nitrogens with zero attached hydrogens (tertiary/aromatic N) is 2. The van der Waals surface area contributed by atoms with Crippen molar-refractivity contribution < 1.29 is 19.4 Å². The topological polar surface area (TPSA) is 70.1 Å². The molecule has 0 bridgehead atoms. The Balaban J connectivity index is 1.50. The van der Waals surface area contributed by atoms with Crippen LogP contribution in [0.5, 0.6) is 0 Å². The monoisotopic (exact) mass is 332 g/mol. The lowest BCUT2D eigenvalue weighted by atomic mass is 9.97. The van der Waals surface area contributed by atoms with E-state index in [-0.39, 0.29) is 5.91 Å². The molecule has 1 N–H and O–H groups in total. The number of morpholine rings is 1. The average Bonchev–Trinajstić information content (AvgIpc) is 3.04. The molecule has 1 aromatic carbocycles. The Labute approximate surface area is 142 Å². The van der Waals surface area contributed by atoms with Crippen molar-refractivity contribution in [1.82, 2.24) is 9.80 Å². The van der Waals surface area contributed by atoms with Crippen molar-refractivity contribution in [3.63, 3.8) is 0 Å². The number of carboxylic acid groups (broad SMARTS) is 1. The fourth-order valence-electron chi connectivity index (χ4n) is 3.44. The quantitative estimate of drug-likeness (QED) is 0.875. The van der Waals surface area contributed by atoms with E-state index in [4.69, 9.17) is 9.84 Å². The Bertz CT molecular complexity index is 598. The number of hydrogen-bond acceptors (Lipinski definition) is 4. The first-order valence-electron chi connectivity index (χ1n) is 8.52. The molecule has 6 nitrogen and oxygen atoms in total. The van der Waals surface area contributed by atoms with E-state index >= 15 is 0 Å². The molecule has 2 aliphatic heterocycles. The SMILES string of the molecule is O=C(O)c1cccc(C[C@H]2CCN(C(=O)CN3CCOCC3)C2)c1. The maximum absolute atomic E-state index is 12.4. The van der Waals surface area contributed by atoms with Crippen molar-refractivity contribution in [1.29, 1.82) is 0 Å². The molecule has 130 valence electrons. The molecule has 0 radical (unpaired) electrons. The molecule has 0 unspecified atom stereocenters. The summed E-state index contributed by atoms with van der Waals surface area (Å²) in [6.45, 7) is 5.10. The van der Waals surface area contributed by atoms with Crippen molar-refractivity contribution in [2.75, 3.05) is 45.9 Å². The first-order valence-corrected chi connectivity index (χ1v) is 8.52. The predicted octanol–water partition coefficient (Wildman–Crippen LogP) is 1.11. The standard InChI is InChI=1S/C18H24N2O4/c21-17(13-19-6-8-24-9-7-19)20-5-4-15(12-20)10-14-2-1-3-16(11-14)18(22)23/h1-3,11,15H,4-10,12-13H2,(H,22,23)/t15-/m1/s1. The number of carboxylic acids is 1. The van der Waals surface area contributed by atoms with Gasteiger partial charge >= 0.3 is 5.97 Å². The van der Waals surface area contributed by atoms with E-state index in [9.17, 15) is 9.59 Å². The van der Waals surface area contributed by atoms with Crippen LogP contribution in [0.25, 0.3) is 0 Å². The summed E-state index contributed by atoms with van der Waals surface area (Å²) in [6, 6.07) is 7.10. The summed E-state index contributed by atoms with van der Waals surface area (Å²) in [7, 11) is 0. The van der Waals surface area contributed by atoms with E-state index in [1.165, 1.54) is 0 Å². The third-order valence-electron chi connectivity index (χ3n) is 4.80. The van der Waals surface area contributed by atoms with Crippen LogP contribution in [0.2, 0.25) is 0 Å². The number of carbonyl (C=O) groups is 2. The molecular formula is C18H24N2O4. The molecule has 3 rings (SSSR count). The van der Waals surface area contributed by atoms with Crippen molar-refractivity contribution in [2.24, 2.45) is 5.92 Å². The maximum Gasteiger partial charge on any atom is 0.335 e. The number of aromatic carboxylic acids is 1. The summed E-state index contributed by atoms with van der Waals surface area (Å²) >= 11 is 0. The smallest absolute Gasteiger partial charge is 0.335 e. The van der Waals surface area contributed by atoms with Crippen LogP contribution in [0.3, 0.4) is 0 Å². The van der Waals surface area contributed by atoms with Gasteiger partial charge in [0, 0.05) is 26.2 Å². The lowest BCUT2D eigenvalue weighted by Crippen LogP contribution is -2.44. The highest BCUT2D eigenvalue weighted by molar-refractivity contribution is 5.87. The first-order chi connectivity index (χ1) is 11.6. The summed E-state index contributed by atoms with van der Waals surface area (Å²) in [5.41, 5.74) is 1.35. The van der Waals surface area contributed by atoms with Crippen LogP contribution < -0.4 is 0 Å². The van der Waals surface area contributed by atoms with E-state index in [1.807, 2.05) is 11.0 Å². The van der Waals surface area contributed by atoms with Gasteiger partial charge in [0.2, 0.25) is 5.91 Å². The van der Waals surface area contributed by atoms with E-state index in [0.717, 1.165) is 44.6 Å². The lowest BCUT2D eigenvalue weighted by molar-refractivity contribution is -0.132. The van der Waals surface area contributed by atoms with Crippen molar-refractivity contribution >= 4 is 11.9 Å². The van der Waals surface area contributed by atoms with Crippen LogP contribution in [0.15, 0.2) is 24.3 Å². The van der Waals surface area contributed by atoms with Crippen LogP contribution in [-0.2, 0) is 16.0 Å². The van der Waals surface area contributed by atoms with E-state index in [2.05, 4.69) is 4.90 Å². The molecule has 6 heteroatoms. The normalized spacial score (nSPS) is 21.8. The van der Waals surface area contributed by atoms with Crippen LogP contribution in [0, 0.1) is 5.92 Å². The Morgan fingerprint density at radius 1 is 1.21 bits per heavy atom. The Kier molecular flexibility index (Phi) is 5.48. The van der Waals surface area contributed by atoms with Gasteiger partial charge in [0.05, 0.1) is 25.3 Å². The highest BCUT2D eigenvalue weighted by Crippen LogP contribution is 2.21. The molecule has 0 aromatic heterocycles. The van der Waals surface area contributed by atoms with E-state index in [0.29, 0.717) is 31.2 Å². The van der Waals surface area contributed by atoms with Crippen LogP contribution >= 0.6 is 0 Å². The van der Waals surface area contributed by atoms with Gasteiger partial charge < -0.3 is 14.7 Å². The van der Waals surface area contributed by atoms with Gasteiger partial charge in [-0.25, -0.2) is 4.79 Å². The van der Waals surface area contributed by atoms with Gasteiger partial charge in [-0.1, -0.05) is 12.1 Å². The highest BCUT2D eigenvalue weighted by Gasteiger charge is 2.27. The molecule has 1 aromatic rings. The van der Waals surface area contributed by atoms with Gasteiger partial charge in [-0.3, -0.25) is 9.69 Å². The number of amides is 1. The summed E-state index contributed by atoms with van der Waals surface area (Å²) in [5, 5.41) is 9.07. The Morgan fingerprint density at radius 2 is 2.00 bits per heavy atom. The fourth-order valence-corrected chi connectivity index (χ4v) is 3.44. The zero-order valence-corrected chi connectivity index (χ0v) is 13.8. The van der Waals surface area contributed by atoms with Crippen LogP contribution in [0.4, 0.5) is 0 Å². The molecule has 1 atom stereocenters. The number of carbonyl (C=O) groups excluding carboxylic acids is 1. The Hall–Kier alpha value is -1.92. The second-order valence-electron chi connectivity index (χ2n) is 6.59. The van der Waals surface area contributed by atoms with E-state index in [1.54, 1.807) is 18.2 Å². The van der Waals surface area contributed by atoms with Crippen molar-refractivity contribution in [3.05, 3.63) is 35.4 Å². The predicted molar refractivity (Wildman–Crippen MR) is 89.1 cm³/mol. The minimum atomic E-state index is -0.898. The molecule has 2 fully saturated rings. The average molecular weight is 332 g/mol. The zero-order valence-electron chi connectivity index (χ0n) is 13.8. The molecule has 2 saturated heterocycles. The number of ether oxygens (including phenoxy) is 1. The molecule has 0 spiro atoms. The van der Waals surface area contributed by atoms with Gasteiger partial charge in [-0.2, -0.15) is 0 Å². The lowest BCUT2D eigenvalue weighted by Gasteiger charge is -2.28. The third kappa shape index (κ3) is 4.33. The molecule has 24 heavy (non-hydrogen) atoms. The second-order valence-corrected chi connectivity index (χ2v) is 6.59. The summed E-state index contributed by atoms with van der Waals surface area (Å²) in [5.74, 6) is -0.299. The van der Waals surface area contributed by atoms with Crippen LogP contribution in [-0.4, -0.2) is 72.7 Å². The molecule has 0 saturated carbocycles. The molecular weight excluding hydrogens is 308 g/mol. The first kappa shape index (κ1) is 16.9. The second kappa shape index (κ2) is 7.77. The van der Waals surface area contributed by atoms with Gasteiger partial charge in [0.25, 0.3) is 0 Å². The Morgan fingerprint density at radius 3 is 2.75 bits per heavy atom. The largest absolute Gasteiger partial charge is 0.478 e. The molecule has 2 heterocycles. The van der Waals surface area contributed by atoms with Gasteiger partial charge in [0.1, 0.15) is 0 Å². The summed E-state index contributed by atoms with van der Waals surface area (Å²) in [6.07, 6.45) is 1.80. The third-order valence-corrected chi connectivity index (χ3v) is 4.80. The number of likely N-dealkylation sites (tertiary alicyclic amines) is 1.